The lowest BCUT2D eigenvalue weighted by atomic mass is 9.92. The molecule has 3 aromatic rings. The van der Waals surface area contributed by atoms with Gasteiger partial charge in [0.1, 0.15) is 29.4 Å². The van der Waals surface area contributed by atoms with Crippen molar-refractivity contribution in [3.05, 3.63) is 41.5 Å². The Morgan fingerprint density at radius 1 is 1.22 bits per heavy atom. The van der Waals surface area contributed by atoms with Crippen LogP contribution in [-0.4, -0.2) is 47.1 Å². The smallest absolute Gasteiger partial charge is 0.317 e. The minimum Gasteiger partial charge on any atom is -0.489 e. The molecule has 4 atom stereocenters. The Morgan fingerprint density at radius 3 is 2.81 bits per heavy atom. The van der Waals surface area contributed by atoms with E-state index in [9.17, 15) is 18.7 Å². The van der Waals surface area contributed by atoms with E-state index in [1.165, 1.54) is 10.9 Å². The average molecular weight is 501 g/mol. The molecule has 3 heterocycles. The first kappa shape index (κ1) is 24.0. The van der Waals surface area contributed by atoms with Crippen LogP contribution in [0, 0.1) is 24.7 Å². The lowest BCUT2D eigenvalue weighted by molar-refractivity contribution is -0.143. The highest BCUT2D eigenvalue weighted by Crippen LogP contribution is 2.48. The van der Waals surface area contributed by atoms with Crippen molar-refractivity contribution in [1.29, 1.82) is 0 Å². The fourth-order valence-corrected chi connectivity index (χ4v) is 5.34. The summed E-state index contributed by atoms with van der Waals surface area (Å²) in [5.41, 5.74) is 1.87. The Kier molecular flexibility index (Phi) is 6.50. The van der Waals surface area contributed by atoms with Crippen molar-refractivity contribution in [2.45, 2.75) is 51.7 Å². The lowest BCUT2D eigenvalue weighted by Gasteiger charge is -2.18. The van der Waals surface area contributed by atoms with Crippen LogP contribution >= 0.6 is 0 Å². The largest absolute Gasteiger partial charge is 0.489 e. The number of pyridine rings is 1. The zero-order chi connectivity index (χ0) is 25.4. The minimum absolute atomic E-state index is 0.0296. The number of aromatic nitrogens is 6. The van der Waals surface area contributed by atoms with E-state index in [-0.39, 0.29) is 30.6 Å². The third kappa shape index (κ3) is 4.71. The first-order valence-corrected chi connectivity index (χ1v) is 11.8. The van der Waals surface area contributed by atoms with Crippen molar-refractivity contribution >= 4 is 5.97 Å². The summed E-state index contributed by atoms with van der Waals surface area (Å²) in [5.74, 6) is 0.242. The van der Waals surface area contributed by atoms with E-state index in [1.807, 2.05) is 13.0 Å². The Morgan fingerprint density at radius 2 is 2.06 bits per heavy atom. The highest BCUT2D eigenvalue weighted by molar-refractivity contribution is 5.71. The molecule has 5 rings (SSSR count). The maximum absolute atomic E-state index is 12.9. The average Bonchev–Trinajstić information content (AvgIpc) is 3.53. The van der Waals surface area contributed by atoms with E-state index in [1.54, 1.807) is 13.1 Å². The quantitative estimate of drug-likeness (QED) is 0.492. The molecule has 0 radical (unpaired) electrons. The van der Waals surface area contributed by atoms with Crippen LogP contribution in [0.4, 0.5) is 8.78 Å². The summed E-state index contributed by atoms with van der Waals surface area (Å²) < 4.78 is 39.1. The predicted molar refractivity (Wildman–Crippen MR) is 121 cm³/mol. The van der Waals surface area contributed by atoms with Crippen molar-refractivity contribution in [2.75, 3.05) is 0 Å². The molecule has 0 unspecified atom stereocenters. The second-order valence-corrected chi connectivity index (χ2v) is 9.30. The number of hydrogen-bond donors (Lipinski definition) is 1. The fourth-order valence-electron chi connectivity index (χ4n) is 5.34. The second kappa shape index (κ2) is 9.75. The van der Waals surface area contributed by atoms with E-state index in [2.05, 4.69) is 25.3 Å². The van der Waals surface area contributed by atoms with Crippen molar-refractivity contribution < 1.29 is 28.2 Å². The standard InChI is InChI=1S/C24H26F2N6O4/c1-12-20(36-14-9-13-3-4-15(23(33)34)16(13)10-14)6-5-17(28-12)21-19(32(2)31-30-21)11-35-24-27-8-7-18(29-24)22(25)26/h5-8,13-16,22H,3-4,9-11H2,1-2H3,(H,33,34)/t13-,14+,15+,16+/m0/s1. The van der Waals surface area contributed by atoms with Gasteiger partial charge in [-0.3, -0.25) is 4.79 Å². The number of fused-ring (bicyclic) bond motifs is 1. The van der Waals surface area contributed by atoms with Gasteiger partial charge in [-0.2, -0.15) is 4.98 Å². The first-order chi connectivity index (χ1) is 17.3. The van der Waals surface area contributed by atoms with Gasteiger partial charge in [-0.25, -0.2) is 23.4 Å². The molecule has 190 valence electrons. The Hall–Kier alpha value is -3.70. The molecular weight excluding hydrogens is 474 g/mol. The van der Waals surface area contributed by atoms with Crippen LogP contribution in [0.3, 0.4) is 0 Å². The third-order valence-electron chi connectivity index (χ3n) is 7.12. The summed E-state index contributed by atoms with van der Waals surface area (Å²) in [7, 11) is 1.69. The summed E-state index contributed by atoms with van der Waals surface area (Å²) in [6.45, 7) is 1.80. The molecule has 1 N–H and O–H groups in total. The van der Waals surface area contributed by atoms with Gasteiger partial charge in [-0.1, -0.05) is 5.21 Å². The van der Waals surface area contributed by atoms with Crippen molar-refractivity contribution in [3.8, 4) is 23.1 Å². The SMILES string of the molecule is Cc1nc(-c2nnn(C)c2COc2nccc(C(F)F)n2)ccc1O[C@@H]1C[C@@H]2CC[C@@H](C(=O)O)[C@@H]2C1. The van der Waals surface area contributed by atoms with Gasteiger partial charge in [0, 0.05) is 13.2 Å². The van der Waals surface area contributed by atoms with Crippen LogP contribution in [0.2, 0.25) is 0 Å². The summed E-state index contributed by atoms with van der Waals surface area (Å²) in [5, 5.41) is 17.7. The number of alkyl halides is 2. The number of carboxylic acids is 1. The molecule has 2 aliphatic rings. The molecule has 0 bridgehead atoms. The molecule has 0 saturated heterocycles. The van der Waals surface area contributed by atoms with Crippen LogP contribution < -0.4 is 9.47 Å². The van der Waals surface area contributed by atoms with Crippen LogP contribution in [0.15, 0.2) is 24.4 Å². The van der Waals surface area contributed by atoms with E-state index in [0.717, 1.165) is 31.7 Å². The molecule has 0 amide bonds. The van der Waals surface area contributed by atoms with Gasteiger partial charge >= 0.3 is 12.0 Å². The number of carboxylic acid groups (broad SMARTS) is 1. The molecule has 3 aromatic heterocycles. The second-order valence-electron chi connectivity index (χ2n) is 9.30. The molecule has 0 spiro atoms. The van der Waals surface area contributed by atoms with E-state index in [4.69, 9.17) is 9.47 Å². The van der Waals surface area contributed by atoms with Crippen LogP contribution in [0.1, 0.15) is 49.2 Å². The molecule has 2 saturated carbocycles. The normalized spacial score (nSPS) is 23.1. The van der Waals surface area contributed by atoms with Crippen LogP contribution in [0.5, 0.6) is 11.8 Å². The maximum Gasteiger partial charge on any atom is 0.317 e. The fraction of sp³-hybridized carbons (Fsp3) is 0.500. The lowest BCUT2D eigenvalue weighted by Crippen LogP contribution is -2.21. The molecule has 10 nitrogen and oxygen atoms in total. The molecule has 0 aromatic carbocycles. The van der Waals surface area contributed by atoms with Gasteiger partial charge in [0.05, 0.1) is 23.4 Å². The van der Waals surface area contributed by atoms with E-state index < -0.39 is 18.1 Å². The summed E-state index contributed by atoms with van der Waals surface area (Å²) in [4.78, 5) is 23.8. The highest BCUT2D eigenvalue weighted by Gasteiger charge is 2.47. The summed E-state index contributed by atoms with van der Waals surface area (Å²) in [6.07, 6.45) is 1.75. The number of hydrogen-bond acceptors (Lipinski definition) is 8. The maximum atomic E-state index is 12.9. The van der Waals surface area contributed by atoms with Gasteiger partial charge in [-0.15, -0.1) is 5.10 Å². The molecule has 2 fully saturated rings. The van der Waals surface area contributed by atoms with Crippen molar-refractivity contribution in [3.63, 3.8) is 0 Å². The summed E-state index contributed by atoms with van der Waals surface area (Å²) in [6, 6.07) is 4.57. The zero-order valence-electron chi connectivity index (χ0n) is 19.8. The first-order valence-electron chi connectivity index (χ1n) is 11.8. The number of rotatable bonds is 8. The minimum atomic E-state index is -2.72. The molecule has 0 aliphatic heterocycles. The number of halogens is 2. The number of carbonyl (C=O) groups is 1. The molecular formula is C24H26F2N6O4. The topological polar surface area (TPSA) is 125 Å². The van der Waals surface area contributed by atoms with Gasteiger partial charge in [-0.05, 0) is 62.6 Å². The molecule has 12 heteroatoms. The van der Waals surface area contributed by atoms with Crippen LogP contribution in [0.25, 0.3) is 11.4 Å². The van der Waals surface area contributed by atoms with Gasteiger partial charge in [0.15, 0.2) is 0 Å². The van der Waals surface area contributed by atoms with Crippen molar-refractivity contribution in [1.82, 2.24) is 29.9 Å². The third-order valence-corrected chi connectivity index (χ3v) is 7.12. The highest BCUT2D eigenvalue weighted by atomic mass is 19.3. The van der Waals surface area contributed by atoms with Gasteiger partial charge in [0.25, 0.3) is 6.43 Å². The number of aliphatic carboxylic acids is 1. The van der Waals surface area contributed by atoms with E-state index >= 15 is 0 Å². The molecule has 36 heavy (non-hydrogen) atoms. The van der Waals surface area contributed by atoms with Crippen molar-refractivity contribution in [2.24, 2.45) is 24.8 Å². The van der Waals surface area contributed by atoms with Gasteiger partial charge in [0.2, 0.25) is 0 Å². The number of ether oxygens (including phenoxy) is 2. The Balaban J connectivity index is 1.28. The number of aryl methyl sites for hydroxylation is 2. The van der Waals surface area contributed by atoms with E-state index in [0.29, 0.717) is 34.4 Å². The molecule has 2 aliphatic carbocycles. The predicted octanol–water partition coefficient (Wildman–Crippen LogP) is 3.76. The van der Waals surface area contributed by atoms with Crippen LogP contribution in [-0.2, 0) is 18.4 Å². The zero-order valence-corrected chi connectivity index (χ0v) is 19.8. The number of nitrogens with zero attached hydrogens (tertiary/aromatic N) is 6. The van der Waals surface area contributed by atoms with Gasteiger partial charge < -0.3 is 14.6 Å². The monoisotopic (exact) mass is 500 g/mol. The Bertz CT molecular complexity index is 1270. The summed E-state index contributed by atoms with van der Waals surface area (Å²) >= 11 is 0. The Labute approximate surface area is 205 Å².